The molecule has 1 amide bonds. The number of carbonyl (C=O) groups excluding carboxylic acids is 1. The van der Waals surface area contributed by atoms with E-state index >= 15 is 0 Å². The molecule has 0 spiro atoms. The van der Waals surface area contributed by atoms with Crippen LogP contribution in [0.1, 0.15) is 49.1 Å². The Hall–Kier alpha value is -0.910. The minimum absolute atomic E-state index is 0.0855. The number of piperazine rings is 1. The molecule has 0 radical (unpaired) electrons. The summed E-state index contributed by atoms with van der Waals surface area (Å²) >= 11 is 1.74. The molecule has 1 N–H and O–H groups in total. The van der Waals surface area contributed by atoms with Crippen molar-refractivity contribution in [3.05, 3.63) is 21.9 Å². The van der Waals surface area contributed by atoms with E-state index in [2.05, 4.69) is 40.4 Å². The Morgan fingerprint density at radius 2 is 2.00 bits per heavy atom. The van der Waals surface area contributed by atoms with E-state index in [0.29, 0.717) is 11.9 Å². The van der Waals surface area contributed by atoms with E-state index in [1.807, 2.05) is 0 Å². The summed E-state index contributed by atoms with van der Waals surface area (Å²) in [6.07, 6.45) is 4.83. The maximum atomic E-state index is 13.4. The third kappa shape index (κ3) is 3.95. The van der Waals surface area contributed by atoms with Gasteiger partial charge < -0.3 is 10.2 Å². The number of hydrogen-bond acceptors (Lipinski definition) is 4. The number of thiophene rings is 1. The second-order valence-corrected chi connectivity index (χ2v) is 7.91. The zero-order valence-corrected chi connectivity index (χ0v) is 15.2. The van der Waals surface area contributed by atoms with Crippen LogP contribution in [0.4, 0.5) is 0 Å². The number of hydrogen-bond donors (Lipinski definition) is 1. The molecule has 3 heterocycles. The summed E-state index contributed by atoms with van der Waals surface area (Å²) in [6.45, 7) is 9.08. The Labute approximate surface area is 143 Å². The molecule has 128 valence electrons. The summed E-state index contributed by atoms with van der Waals surface area (Å²) in [7, 11) is 0. The van der Waals surface area contributed by atoms with Crippen LogP contribution in [0, 0.1) is 6.92 Å². The maximum Gasteiger partial charge on any atom is 0.245 e. The molecule has 2 aliphatic rings. The largest absolute Gasteiger partial charge is 0.341 e. The number of carbonyl (C=O) groups is 1. The topological polar surface area (TPSA) is 35.6 Å². The summed E-state index contributed by atoms with van der Waals surface area (Å²) in [5.74, 6) is 0.326. The number of amides is 1. The minimum atomic E-state index is -0.0855. The van der Waals surface area contributed by atoms with Crippen molar-refractivity contribution in [3.8, 4) is 0 Å². The Morgan fingerprint density at radius 3 is 2.61 bits per heavy atom. The highest BCUT2D eigenvalue weighted by atomic mass is 32.1. The predicted octanol–water partition coefficient (Wildman–Crippen LogP) is 2.79. The lowest BCUT2D eigenvalue weighted by Gasteiger charge is -2.39. The van der Waals surface area contributed by atoms with Gasteiger partial charge in [-0.05, 0) is 43.7 Å². The molecular formula is C18H29N3OS. The van der Waals surface area contributed by atoms with Gasteiger partial charge >= 0.3 is 0 Å². The molecule has 0 saturated carbocycles. The Balaban J connectivity index is 1.85. The van der Waals surface area contributed by atoms with E-state index in [1.165, 1.54) is 23.3 Å². The van der Waals surface area contributed by atoms with Crippen LogP contribution < -0.4 is 5.32 Å². The molecule has 0 aromatic carbocycles. The van der Waals surface area contributed by atoms with Crippen LogP contribution >= 0.6 is 11.3 Å². The highest BCUT2D eigenvalue weighted by Gasteiger charge is 2.35. The second kappa shape index (κ2) is 7.77. The summed E-state index contributed by atoms with van der Waals surface area (Å²) in [4.78, 5) is 19.1. The number of aryl methyl sites for hydroxylation is 1. The molecule has 4 nitrogen and oxygen atoms in total. The van der Waals surface area contributed by atoms with Gasteiger partial charge in [0, 0.05) is 43.6 Å². The van der Waals surface area contributed by atoms with Crippen molar-refractivity contribution in [2.24, 2.45) is 0 Å². The van der Waals surface area contributed by atoms with Crippen LogP contribution in [-0.2, 0) is 4.79 Å². The van der Waals surface area contributed by atoms with Gasteiger partial charge in [-0.1, -0.05) is 12.8 Å². The number of nitrogens with zero attached hydrogens (tertiary/aromatic N) is 2. The SMILES string of the molecule is Cc1ccsc1C(C(=O)N1CCCCCC1)N1CCNC(C)C1. The van der Waals surface area contributed by atoms with E-state index in [0.717, 1.165) is 45.6 Å². The van der Waals surface area contributed by atoms with Gasteiger partial charge in [-0.25, -0.2) is 0 Å². The van der Waals surface area contributed by atoms with Crippen molar-refractivity contribution >= 4 is 17.2 Å². The molecule has 1 aromatic heterocycles. The molecule has 0 aliphatic carbocycles. The summed E-state index contributed by atoms with van der Waals surface area (Å²) < 4.78 is 0. The molecule has 2 atom stereocenters. The highest BCUT2D eigenvalue weighted by Crippen LogP contribution is 2.32. The molecule has 0 bridgehead atoms. The second-order valence-electron chi connectivity index (χ2n) is 6.96. The Kier molecular flexibility index (Phi) is 5.72. The smallest absolute Gasteiger partial charge is 0.245 e. The average molecular weight is 336 g/mol. The molecule has 3 rings (SSSR count). The molecule has 2 saturated heterocycles. The van der Waals surface area contributed by atoms with Crippen LogP contribution in [0.15, 0.2) is 11.4 Å². The number of likely N-dealkylation sites (tertiary alicyclic amines) is 1. The molecule has 2 fully saturated rings. The van der Waals surface area contributed by atoms with Crippen LogP contribution in [0.5, 0.6) is 0 Å². The van der Waals surface area contributed by atoms with Crippen molar-refractivity contribution in [2.75, 3.05) is 32.7 Å². The summed E-state index contributed by atoms with van der Waals surface area (Å²) in [5, 5.41) is 5.62. The van der Waals surface area contributed by atoms with Gasteiger partial charge in [0.05, 0.1) is 0 Å². The van der Waals surface area contributed by atoms with E-state index in [-0.39, 0.29) is 6.04 Å². The normalized spacial score (nSPS) is 25.1. The van der Waals surface area contributed by atoms with Crippen LogP contribution in [0.3, 0.4) is 0 Å². The monoisotopic (exact) mass is 335 g/mol. The van der Waals surface area contributed by atoms with Crippen molar-refractivity contribution in [1.29, 1.82) is 0 Å². The lowest BCUT2D eigenvalue weighted by molar-refractivity contribution is -0.137. The van der Waals surface area contributed by atoms with Crippen LogP contribution in [-0.4, -0.2) is 54.5 Å². The number of rotatable bonds is 3. The van der Waals surface area contributed by atoms with Crippen molar-refractivity contribution in [3.63, 3.8) is 0 Å². The van der Waals surface area contributed by atoms with Gasteiger partial charge in [-0.15, -0.1) is 11.3 Å². The fourth-order valence-corrected chi connectivity index (χ4v) is 4.81. The zero-order valence-electron chi connectivity index (χ0n) is 14.4. The van der Waals surface area contributed by atoms with Crippen LogP contribution in [0.25, 0.3) is 0 Å². The summed E-state index contributed by atoms with van der Waals surface area (Å²) in [6, 6.07) is 2.51. The molecule has 5 heteroatoms. The first-order valence-electron chi connectivity index (χ1n) is 8.97. The standard InChI is InChI=1S/C18H29N3OS/c1-14-7-12-23-17(14)16(21-11-8-19-15(2)13-21)18(22)20-9-5-3-4-6-10-20/h7,12,15-16,19H,3-6,8-11,13H2,1-2H3. The molecule has 23 heavy (non-hydrogen) atoms. The van der Waals surface area contributed by atoms with E-state index < -0.39 is 0 Å². The quantitative estimate of drug-likeness (QED) is 0.923. The Morgan fingerprint density at radius 1 is 1.26 bits per heavy atom. The average Bonchev–Trinajstić information content (AvgIpc) is 2.79. The third-order valence-electron chi connectivity index (χ3n) is 5.07. The van der Waals surface area contributed by atoms with Gasteiger partial charge in [0.2, 0.25) is 5.91 Å². The van der Waals surface area contributed by atoms with Crippen LogP contribution in [0.2, 0.25) is 0 Å². The lowest BCUT2D eigenvalue weighted by Crippen LogP contribution is -2.53. The summed E-state index contributed by atoms with van der Waals surface area (Å²) in [5.41, 5.74) is 1.26. The van der Waals surface area contributed by atoms with E-state index in [4.69, 9.17) is 0 Å². The first-order valence-corrected chi connectivity index (χ1v) is 9.85. The van der Waals surface area contributed by atoms with Gasteiger partial charge in [0.15, 0.2) is 0 Å². The highest BCUT2D eigenvalue weighted by molar-refractivity contribution is 7.10. The fraction of sp³-hybridized carbons (Fsp3) is 0.722. The molecule has 2 aliphatic heterocycles. The van der Waals surface area contributed by atoms with Crippen molar-refractivity contribution in [1.82, 2.24) is 15.1 Å². The molecule has 2 unspecified atom stereocenters. The van der Waals surface area contributed by atoms with Gasteiger partial charge in [0.1, 0.15) is 6.04 Å². The zero-order chi connectivity index (χ0) is 16.2. The van der Waals surface area contributed by atoms with E-state index in [1.54, 1.807) is 11.3 Å². The third-order valence-corrected chi connectivity index (χ3v) is 6.14. The Bertz CT molecular complexity index is 522. The van der Waals surface area contributed by atoms with E-state index in [9.17, 15) is 4.79 Å². The minimum Gasteiger partial charge on any atom is -0.341 e. The fourth-order valence-electron chi connectivity index (χ4n) is 3.76. The number of nitrogens with one attached hydrogen (secondary N) is 1. The predicted molar refractivity (Wildman–Crippen MR) is 95.9 cm³/mol. The first-order chi connectivity index (χ1) is 11.2. The van der Waals surface area contributed by atoms with Gasteiger partial charge in [-0.2, -0.15) is 0 Å². The molecular weight excluding hydrogens is 306 g/mol. The maximum absolute atomic E-state index is 13.4. The lowest BCUT2D eigenvalue weighted by atomic mass is 10.1. The van der Waals surface area contributed by atoms with Gasteiger partial charge in [-0.3, -0.25) is 9.69 Å². The molecule has 1 aromatic rings. The van der Waals surface area contributed by atoms with Gasteiger partial charge in [0.25, 0.3) is 0 Å². The first kappa shape index (κ1) is 16.9. The van der Waals surface area contributed by atoms with Crippen molar-refractivity contribution < 1.29 is 4.79 Å². The van der Waals surface area contributed by atoms with Crippen molar-refractivity contribution in [2.45, 2.75) is 51.6 Å².